The van der Waals surface area contributed by atoms with Crippen LogP contribution in [0.3, 0.4) is 0 Å². The fraction of sp³-hybridized carbons (Fsp3) is 0.176. The monoisotopic (exact) mass is 385 g/mol. The first kappa shape index (κ1) is 16.3. The van der Waals surface area contributed by atoms with E-state index >= 15 is 0 Å². The van der Waals surface area contributed by atoms with E-state index in [0.29, 0.717) is 12.4 Å². The van der Waals surface area contributed by atoms with Crippen LogP contribution in [0.25, 0.3) is 11.4 Å². The number of amides is 1. The molecule has 0 aliphatic carbocycles. The molecule has 1 amide bonds. The van der Waals surface area contributed by atoms with E-state index in [-0.39, 0.29) is 12.5 Å². The number of hydrogen-bond donors (Lipinski definition) is 0. The summed E-state index contributed by atoms with van der Waals surface area (Å²) >= 11 is 3.39. The molecule has 1 aromatic heterocycles. The number of nitrogens with zero attached hydrogens (tertiary/aromatic N) is 5. The topological polar surface area (TPSA) is 63.9 Å². The standard InChI is InChI=1S/C17H16BrN5O/c1-2-22(15-6-4-3-5-7-15)16(24)12-23-20-17(19-21-23)13-8-10-14(18)11-9-13/h3-11H,2,12H2,1H3. The molecule has 6 nitrogen and oxygen atoms in total. The Hall–Kier alpha value is -2.54. The van der Waals surface area contributed by atoms with E-state index in [1.54, 1.807) is 4.90 Å². The van der Waals surface area contributed by atoms with E-state index in [9.17, 15) is 4.79 Å². The highest BCUT2D eigenvalue weighted by Crippen LogP contribution is 2.18. The summed E-state index contributed by atoms with van der Waals surface area (Å²) in [7, 11) is 0. The third-order valence-corrected chi connectivity index (χ3v) is 4.05. The van der Waals surface area contributed by atoms with Crippen molar-refractivity contribution in [2.24, 2.45) is 0 Å². The number of rotatable bonds is 5. The quantitative estimate of drug-likeness (QED) is 0.676. The van der Waals surface area contributed by atoms with Crippen LogP contribution in [0.15, 0.2) is 59.1 Å². The molecule has 0 spiro atoms. The number of carbonyl (C=O) groups is 1. The molecule has 0 saturated heterocycles. The highest BCUT2D eigenvalue weighted by Gasteiger charge is 2.16. The largest absolute Gasteiger partial charge is 0.311 e. The second kappa shape index (κ2) is 7.35. The minimum Gasteiger partial charge on any atom is -0.311 e. The second-order valence-electron chi connectivity index (χ2n) is 5.12. The van der Waals surface area contributed by atoms with Crippen molar-refractivity contribution in [3.8, 4) is 11.4 Å². The zero-order valence-corrected chi connectivity index (χ0v) is 14.7. The van der Waals surface area contributed by atoms with E-state index in [2.05, 4.69) is 31.3 Å². The van der Waals surface area contributed by atoms with Crippen molar-refractivity contribution in [2.45, 2.75) is 13.5 Å². The molecule has 1 heterocycles. The molecule has 0 atom stereocenters. The predicted octanol–water partition coefficient (Wildman–Crippen LogP) is 3.16. The Morgan fingerprint density at radius 1 is 1.12 bits per heavy atom. The van der Waals surface area contributed by atoms with Crippen LogP contribution >= 0.6 is 15.9 Å². The van der Waals surface area contributed by atoms with Gasteiger partial charge < -0.3 is 4.90 Å². The van der Waals surface area contributed by atoms with Crippen LogP contribution in [-0.2, 0) is 11.3 Å². The van der Waals surface area contributed by atoms with Gasteiger partial charge in [-0.1, -0.05) is 34.1 Å². The highest BCUT2D eigenvalue weighted by atomic mass is 79.9. The molecule has 0 N–H and O–H groups in total. The Morgan fingerprint density at radius 2 is 1.83 bits per heavy atom. The number of hydrogen-bond acceptors (Lipinski definition) is 4. The number of para-hydroxylation sites is 1. The minimum atomic E-state index is -0.0801. The molecule has 0 radical (unpaired) electrons. The van der Waals surface area contributed by atoms with Crippen molar-refractivity contribution in [1.82, 2.24) is 20.2 Å². The van der Waals surface area contributed by atoms with E-state index in [0.717, 1.165) is 15.7 Å². The van der Waals surface area contributed by atoms with Crippen molar-refractivity contribution in [3.05, 3.63) is 59.1 Å². The average molecular weight is 386 g/mol. The van der Waals surface area contributed by atoms with E-state index in [4.69, 9.17) is 0 Å². The lowest BCUT2D eigenvalue weighted by atomic mass is 10.2. The van der Waals surface area contributed by atoms with Gasteiger partial charge in [-0.25, -0.2) is 0 Å². The van der Waals surface area contributed by atoms with Gasteiger partial charge in [0.05, 0.1) is 0 Å². The van der Waals surface area contributed by atoms with Gasteiger partial charge >= 0.3 is 0 Å². The van der Waals surface area contributed by atoms with Gasteiger partial charge in [-0.05, 0) is 48.5 Å². The van der Waals surface area contributed by atoms with E-state index < -0.39 is 0 Å². The average Bonchev–Trinajstić information content (AvgIpc) is 3.05. The highest BCUT2D eigenvalue weighted by molar-refractivity contribution is 9.10. The van der Waals surface area contributed by atoms with Crippen molar-refractivity contribution < 1.29 is 4.79 Å². The number of tetrazole rings is 1. The van der Waals surface area contributed by atoms with Crippen LogP contribution in [-0.4, -0.2) is 32.7 Å². The van der Waals surface area contributed by atoms with Crippen LogP contribution < -0.4 is 4.90 Å². The number of aromatic nitrogens is 4. The first-order valence-electron chi connectivity index (χ1n) is 7.56. The van der Waals surface area contributed by atoms with Crippen LogP contribution in [0.4, 0.5) is 5.69 Å². The Labute approximate surface area is 148 Å². The fourth-order valence-electron chi connectivity index (χ4n) is 2.34. The van der Waals surface area contributed by atoms with Gasteiger partial charge in [0, 0.05) is 22.3 Å². The van der Waals surface area contributed by atoms with Gasteiger partial charge in [0.1, 0.15) is 6.54 Å². The Morgan fingerprint density at radius 3 is 2.50 bits per heavy atom. The molecule has 0 bridgehead atoms. The summed E-state index contributed by atoms with van der Waals surface area (Å²) in [5.41, 5.74) is 1.71. The third-order valence-electron chi connectivity index (χ3n) is 3.52. The fourth-order valence-corrected chi connectivity index (χ4v) is 2.61. The molecular weight excluding hydrogens is 370 g/mol. The number of carbonyl (C=O) groups excluding carboxylic acids is 1. The summed E-state index contributed by atoms with van der Waals surface area (Å²) in [4.78, 5) is 15.5. The maximum Gasteiger partial charge on any atom is 0.250 e. The Kier molecular flexibility index (Phi) is 5.00. The van der Waals surface area contributed by atoms with E-state index in [1.165, 1.54) is 4.80 Å². The first-order chi connectivity index (χ1) is 11.7. The van der Waals surface area contributed by atoms with Gasteiger partial charge in [0.2, 0.25) is 5.82 Å². The maximum atomic E-state index is 12.5. The number of halogens is 1. The van der Waals surface area contributed by atoms with Crippen LogP contribution in [0.2, 0.25) is 0 Å². The first-order valence-corrected chi connectivity index (χ1v) is 8.36. The van der Waals surface area contributed by atoms with Gasteiger partial charge in [-0.3, -0.25) is 4.79 Å². The molecular formula is C17H16BrN5O. The molecule has 3 rings (SSSR count). The molecule has 122 valence electrons. The molecule has 0 fully saturated rings. The SMILES string of the molecule is CCN(C(=O)Cn1nnc(-c2ccc(Br)cc2)n1)c1ccccc1. The zero-order valence-electron chi connectivity index (χ0n) is 13.1. The number of benzene rings is 2. The third kappa shape index (κ3) is 3.68. The van der Waals surface area contributed by atoms with Gasteiger partial charge in [0.25, 0.3) is 5.91 Å². The summed E-state index contributed by atoms with van der Waals surface area (Å²) in [5.74, 6) is 0.418. The molecule has 0 aliphatic heterocycles. The van der Waals surface area contributed by atoms with Crippen molar-refractivity contribution in [2.75, 3.05) is 11.4 Å². The summed E-state index contributed by atoms with van der Waals surface area (Å²) in [5, 5.41) is 12.3. The summed E-state index contributed by atoms with van der Waals surface area (Å²) in [6.07, 6.45) is 0. The number of anilines is 1. The van der Waals surface area contributed by atoms with Crippen LogP contribution in [0.1, 0.15) is 6.92 Å². The lowest BCUT2D eigenvalue weighted by molar-refractivity contribution is -0.119. The zero-order chi connectivity index (χ0) is 16.9. The molecule has 24 heavy (non-hydrogen) atoms. The molecule has 0 aliphatic rings. The molecule has 0 unspecified atom stereocenters. The molecule has 7 heteroatoms. The molecule has 0 saturated carbocycles. The van der Waals surface area contributed by atoms with Crippen LogP contribution in [0.5, 0.6) is 0 Å². The maximum absolute atomic E-state index is 12.5. The van der Waals surface area contributed by atoms with Crippen molar-refractivity contribution in [3.63, 3.8) is 0 Å². The smallest absolute Gasteiger partial charge is 0.250 e. The molecule has 3 aromatic rings. The van der Waals surface area contributed by atoms with Gasteiger partial charge in [0.15, 0.2) is 0 Å². The van der Waals surface area contributed by atoms with Gasteiger partial charge in [-0.15, -0.1) is 10.2 Å². The summed E-state index contributed by atoms with van der Waals surface area (Å²) < 4.78 is 0.982. The van der Waals surface area contributed by atoms with E-state index in [1.807, 2.05) is 61.5 Å². The summed E-state index contributed by atoms with van der Waals surface area (Å²) in [6, 6.07) is 17.2. The lowest BCUT2D eigenvalue weighted by Gasteiger charge is -2.20. The molecule has 2 aromatic carbocycles. The lowest BCUT2D eigenvalue weighted by Crippen LogP contribution is -2.34. The Bertz CT molecular complexity index is 817. The normalized spacial score (nSPS) is 10.6. The summed E-state index contributed by atoms with van der Waals surface area (Å²) in [6.45, 7) is 2.57. The van der Waals surface area contributed by atoms with Crippen molar-refractivity contribution in [1.29, 1.82) is 0 Å². The van der Waals surface area contributed by atoms with Crippen LogP contribution in [0, 0.1) is 0 Å². The van der Waals surface area contributed by atoms with Crippen molar-refractivity contribution >= 4 is 27.5 Å². The van der Waals surface area contributed by atoms with Gasteiger partial charge in [-0.2, -0.15) is 4.80 Å². The second-order valence-corrected chi connectivity index (χ2v) is 6.04. The predicted molar refractivity (Wildman–Crippen MR) is 95.4 cm³/mol. The minimum absolute atomic E-state index is 0.0479. The number of likely N-dealkylation sites (N-methyl/N-ethyl adjacent to an activating group) is 1. The Balaban J connectivity index is 1.74.